The second kappa shape index (κ2) is 7.15. The van der Waals surface area contributed by atoms with Crippen molar-refractivity contribution in [1.29, 1.82) is 0 Å². The number of hydrogen-bond acceptors (Lipinski definition) is 6. The van der Waals surface area contributed by atoms with E-state index in [-0.39, 0.29) is 0 Å². The van der Waals surface area contributed by atoms with Gasteiger partial charge in [-0.25, -0.2) is 15.0 Å². The minimum Gasteiger partial charge on any atom is -0.340 e. The van der Waals surface area contributed by atoms with E-state index in [2.05, 4.69) is 64.7 Å². The number of fused-ring (bicyclic) bond motifs is 4. The molecule has 6 heteroatoms. The molecule has 0 spiro atoms. The zero-order valence-electron chi connectivity index (χ0n) is 16.6. The third-order valence-corrected chi connectivity index (χ3v) is 7.96. The number of thiophene rings is 1. The standard InChI is InChI=1S/C24H20N4S2/c1-14-6-11-18-20(12-14)30-23(28-18)15-7-9-16(10-8-15)27-22-21-17-4-2-3-5-19(17)29-24(21)26-13-25-22/h6-13H,2-5H2,1H3,(H,25,26,27). The largest absolute Gasteiger partial charge is 0.340 e. The predicted octanol–water partition coefficient (Wildman–Crippen LogP) is 6.90. The molecular weight excluding hydrogens is 408 g/mol. The molecule has 0 atom stereocenters. The van der Waals surface area contributed by atoms with E-state index in [9.17, 15) is 0 Å². The third-order valence-electron chi connectivity index (χ3n) is 5.69. The van der Waals surface area contributed by atoms with E-state index >= 15 is 0 Å². The molecule has 0 saturated heterocycles. The van der Waals surface area contributed by atoms with E-state index in [1.165, 1.54) is 45.4 Å². The Balaban J connectivity index is 1.32. The van der Waals surface area contributed by atoms with Gasteiger partial charge in [-0.2, -0.15) is 0 Å². The number of nitrogens with zero attached hydrogens (tertiary/aromatic N) is 3. The van der Waals surface area contributed by atoms with Crippen molar-refractivity contribution in [2.45, 2.75) is 32.6 Å². The van der Waals surface area contributed by atoms with Gasteiger partial charge >= 0.3 is 0 Å². The molecule has 0 unspecified atom stereocenters. The van der Waals surface area contributed by atoms with Crippen molar-refractivity contribution < 1.29 is 0 Å². The number of anilines is 2. The highest BCUT2D eigenvalue weighted by Crippen LogP contribution is 2.39. The van der Waals surface area contributed by atoms with Crippen LogP contribution in [0.2, 0.25) is 0 Å². The number of rotatable bonds is 3. The topological polar surface area (TPSA) is 50.7 Å². The summed E-state index contributed by atoms with van der Waals surface area (Å²) in [5, 5.41) is 5.80. The fraction of sp³-hybridized carbons (Fsp3) is 0.208. The number of benzene rings is 2. The van der Waals surface area contributed by atoms with Crippen LogP contribution in [-0.2, 0) is 12.8 Å². The second-order valence-corrected chi connectivity index (χ2v) is 9.92. The lowest BCUT2D eigenvalue weighted by Crippen LogP contribution is -2.01. The van der Waals surface area contributed by atoms with Crippen molar-refractivity contribution in [2.24, 2.45) is 0 Å². The van der Waals surface area contributed by atoms with Gasteiger partial charge in [0.05, 0.1) is 15.6 Å². The van der Waals surface area contributed by atoms with Gasteiger partial charge in [0.2, 0.25) is 0 Å². The Morgan fingerprint density at radius 1 is 0.933 bits per heavy atom. The molecule has 5 aromatic rings. The summed E-state index contributed by atoms with van der Waals surface area (Å²) >= 11 is 3.57. The van der Waals surface area contributed by atoms with E-state index in [1.807, 2.05) is 11.3 Å². The van der Waals surface area contributed by atoms with Gasteiger partial charge in [-0.05, 0) is 80.1 Å². The Morgan fingerprint density at radius 3 is 2.70 bits per heavy atom. The van der Waals surface area contributed by atoms with Crippen LogP contribution in [0.3, 0.4) is 0 Å². The summed E-state index contributed by atoms with van der Waals surface area (Å²) in [6, 6.07) is 14.9. The third kappa shape index (κ3) is 3.07. The molecule has 0 radical (unpaired) electrons. The molecule has 1 N–H and O–H groups in total. The monoisotopic (exact) mass is 428 g/mol. The highest BCUT2D eigenvalue weighted by Gasteiger charge is 2.20. The SMILES string of the molecule is Cc1ccc2nc(-c3ccc(Nc4ncnc5sc6c(c45)CCCC6)cc3)sc2c1. The molecule has 3 heterocycles. The molecular formula is C24H20N4S2. The molecule has 6 rings (SSSR count). The molecule has 4 nitrogen and oxygen atoms in total. The Bertz CT molecular complexity index is 1380. The first kappa shape index (κ1) is 18.0. The van der Waals surface area contributed by atoms with Crippen LogP contribution < -0.4 is 5.32 Å². The Labute approximate surface area is 182 Å². The smallest absolute Gasteiger partial charge is 0.142 e. The summed E-state index contributed by atoms with van der Waals surface area (Å²) in [5.41, 5.74) is 5.95. The maximum absolute atomic E-state index is 4.80. The van der Waals surface area contributed by atoms with Crippen LogP contribution in [0.25, 0.3) is 31.0 Å². The molecule has 2 aromatic carbocycles. The summed E-state index contributed by atoms with van der Waals surface area (Å²) in [5.74, 6) is 0.919. The predicted molar refractivity (Wildman–Crippen MR) is 127 cm³/mol. The molecule has 1 aliphatic carbocycles. The Hall–Kier alpha value is -2.83. The van der Waals surface area contributed by atoms with Crippen LogP contribution in [0.5, 0.6) is 0 Å². The first-order chi connectivity index (χ1) is 14.7. The second-order valence-electron chi connectivity index (χ2n) is 7.81. The van der Waals surface area contributed by atoms with E-state index in [1.54, 1.807) is 17.7 Å². The molecule has 3 aromatic heterocycles. The van der Waals surface area contributed by atoms with Gasteiger partial charge in [-0.1, -0.05) is 6.07 Å². The summed E-state index contributed by atoms with van der Waals surface area (Å²) in [4.78, 5) is 16.5. The van der Waals surface area contributed by atoms with Crippen molar-refractivity contribution in [3.05, 3.63) is 64.8 Å². The van der Waals surface area contributed by atoms with Crippen LogP contribution in [-0.4, -0.2) is 15.0 Å². The van der Waals surface area contributed by atoms with E-state index < -0.39 is 0 Å². The lowest BCUT2D eigenvalue weighted by molar-refractivity contribution is 0.700. The van der Waals surface area contributed by atoms with E-state index in [0.29, 0.717) is 0 Å². The molecule has 148 valence electrons. The van der Waals surface area contributed by atoms with Crippen molar-refractivity contribution in [3.63, 3.8) is 0 Å². The van der Waals surface area contributed by atoms with Crippen molar-refractivity contribution in [2.75, 3.05) is 5.32 Å². The zero-order chi connectivity index (χ0) is 20.1. The molecule has 0 aliphatic heterocycles. The average Bonchev–Trinajstić information content (AvgIpc) is 3.35. The highest BCUT2D eigenvalue weighted by atomic mass is 32.1. The van der Waals surface area contributed by atoms with Gasteiger partial charge in [-0.3, -0.25) is 0 Å². The van der Waals surface area contributed by atoms with Gasteiger partial charge in [0, 0.05) is 16.1 Å². The minimum atomic E-state index is 0.919. The number of thiazole rings is 1. The fourth-order valence-corrected chi connectivity index (χ4v) is 6.47. The van der Waals surface area contributed by atoms with E-state index in [0.717, 1.165) is 38.8 Å². The maximum atomic E-state index is 4.80. The lowest BCUT2D eigenvalue weighted by atomic mass is 9.97. The van der Waals surface area contributed by atoms with Crippen LogP contribution >= 0.6 is 22.7 Å². The van der Waals surface area contributed by atoms with Crippen molar-refractivity contribution in [3.8, 4) is 10.6 Å². The maximum Gasteiger partial charge on any atom is 0.142 e. The quantitative estimate of drug-likeness (QED) is 0.340. The number of aryl methyl sites for hydroxylation is 3. The first-order valence-corrected chi connectivity index (χ1v) is 11.9. The summed E-state index contributed by atoms with van der Waals surface area (Å²) in [6.07, 6.45) is 6.51. The molecule has 0 fully saturated rings. The van der Waals surface area contributed by atoms with Gasteiger partial charge in [0.15, 0.2) is 0 Å². The first-order valence-electron chi connectivity index (χ1n) is 10.2. The Kier molecular flexibility index (Phi) is 4.28. The van der Waals surface area contributed by atoms with E-state index in [4.69, 9.17) is 4.98 Å². The molecule has 30 heavy (non-hydrogen) atoms. The molecule has 0 amide bonds. The van der Waals surface area contributed by atoms with Gasteiger partial charge in [0.25, 0.3) is 0 Å². The van der Waals surface area contributed by atoms with Gasteiger partial charge < -0.3 is 5.32 Å². The van der Waals surface area contributed by atoms with Crippen molar-refractivity contribution >= 4 is 54.6 Å². The van der Waals surface area contributed by atoms with Crippen LogP contribution in [0.1, 0.15) is 28.8 Å². The summed E-state index contributed by atoms with van der Waals surface area (Å²) < 4.78 is 1.23. The number of nitrogens with one attached hydrogen (secondary N) is 1. The normalized spacial score (nSPS) is 13.6. The summed E-state index contributed by atoms with van der Waals surface area (Å²) in [7, 11) is 0. The average molecular weight is 429 g/mol. The van der Waals surface area contributed by atoms with Crippen LogP contribution in [0.4, 0.5) is 11.5 Å². The van der Waals surface area contributed by atoms with Crippen LogP contribution in [0.15, 0.2) is 48.8 Å². The highest BCUT2D eigenvalue weighted by molar-refractivity contribution is 7.21. The minimum absolute atomic E-state index is 0.919. The molecule has 1 aliphatic rings. The summed E-state index contributed by atoms with van der Waals surface area (Å²) in [6.45, 7) is 2.12. The molecule has 0 bridgehead atoms. The van der Waals surface area contributed by atoms with Crippen LogP contribution in [0, 0.1) is 6.92 Å². The number of hydrogen-bond donors (Lipinski definition) is 1. The fourth-order valence-electron chi connectivity index (χ4n) is 4.17. The number of aromatic nitrogens is 3. The van der Waals surface area contributed by atoms with Gasteiger partial charge in [0.1, 0.15) is 22.0 Å². The molecule has 0 saturated carbocycles. The van der Waals surface area contributed by atoms with Crippen molar-refractivity contribution in [1.82, 2.24) is 15.0 Å². The Morgan fingerprint density at radius 2 is 1.80 bits per heavy atom. The van der Waals surface area contributed by atoms with Gasteiger partial charge in [-0.15, -0.1) is 22.7 Å². The zero-order valence-corrected chi connectivity index (χ0v) is 18.2. The lowest BCUT2D eigenvalue weighted by Gasteiger charge is -2.12.